The van der Waals surface area contributed by atoms with Gasteiger partial charge in [-0.3, -0.25) is 4.90 Å². The van der Waals surface area contributed by atoms with E-state index >= 15 is 0 Å². The predicted molar refractivity (Wildman–Crippen MR) is 86.8 cm³/mol. The lowest BCUT2D eigenvalue weighted by molar-refractivity contribution is 0.0836. The molecule has 0 amide bonds. The summed E-state index contributed by atoms with van der Waals surface area (Å²) < 4.78 is 20.2. The van der Waals surface area contributed by atoms with Gasteiger partial charge in [-0.2, -0.15) is 0 Å². The molecule has 1 aromatic heterocycles. The minimum Gasteiger partial charge on any atom is -0.381 e. The Morgan fingerprint density at radius 3 is 2.74 bits per heavy atom. The van der Waals surface area contributed by atoms with Crippen molar-refractivity contribution in [2.45, 2.75) is 38.1 Å². The summed E-state index contributed by atoms with van der Waals surface area (Å²) in [6.45, 7) is 4.33. The number of hydrogen-bond donors (Lipinski definition) is 0. The van der Waals surface area contributed by atoms with Crippen molar-refractivity contribution in [3.63, 3.8) is 0 Å². The Morgan fingerprint density at radius 1 is 1.17 bits per heavy atom. The molecule has 23 heavy (non-hydrogen) atoms. The van der Waals surface area contributed by atoms with Gasteiger partial charge < -0.3 is 4.74 Å². The fourth-order valence-electron chi connectivity index (χ4n) is 3.59. The van der Waals surface area contributed by atoms with Crippen molar-refractivity contribution in [2.24, 2.45) is 0 Å². The summed E-state index contributed by atoms with van der Waals surface area (Å²) in [4.78, 5) is 11.4. The van der Waals surface area contributed by atoms with Gasteiger partial charge in [-0.25, -0.2) is 14.4 Å². The van der Waals surface area contributed by atoms with Crippen molar-refractivity contribution >= 4 is 10.9 Å². The van der Waals surface area contributed by atoms with Crippen LogP contribution in [0.4, 0.5) is 4.39 Å². The molecule has 0 aliphatic carbocycles. The first-order valence-electron chi connectivity index (χ1n) is 8.55. The second-order valence-corrected chi connectivity index (χ2v) is 6.57. The molecule has 4 rings (SSSR count). The van der Waals surface area contributed by atoms with Crippen molar-refractivity contribution < 1.29 is 9.13 Å². The molecule has 4 nitrogen and oxygen atoms in total. The van der Waals surface area contributed by atoms with Crippen molar-refractivity contribution in [1.82, 2.24) is 14.9 Å². The highest BCUT2D eigenvalue weighted by Gasteiger charge is 2.20. The smallest absolute Gasteiger partial charge is 0.138 e. The third kappa shape index (κ3) is 3.08. The van der Waals surface area contributed by atoms with E-state index in [1.54, 1.807) is 6.20 Å². The summed E-state index contributed by atoms with van der Waals surface area (Å²) in [5.41, 5.74) is 1.46. The Hall–Kier alpha value is -1.59. The van der Waals surface area contributed by atoms with E-state index in [1.807, 2.05) is 12.1 Å². The van der Waals surface area contributed by atoms with Gasteiger partial charge in [-0.15, -0.1) is 0 Å². The summed E-state index contributed by atoms with van der Waals surface area (Å²) in [5, 5.41) is 0.539. The summed E-state index contributed by atoms with van der Waals surface area (Å²) in [6, 6.07) is 3.82. The number of nitrogens with zero attached hydrogens (tertiary/aromatic N) is 3. The molecule has 0 bridgehead atoms. The van der Waals surface area contributed by atoms with E-state index in [4.69, 9.17) is 4.74 Å². The number of fused-ring (bicyclic) bond motifs is 1. The lowest BCUT2D eigenvalue weighted by Gasteiger charge is -2.21. The summed E-state index contributed by atoms with van der Waals surface area (Å²) in [5.74, 6) is 1.00. The SMILES string of the molecule is Fc1c(CN2CCCC2)ccc2nc(C3CCOCC3)ncc12. The van der Waals surface area contributed by atoms with Crippen LogP contribution in [0.2, 0.25) is 0 Å². The second-order valence-electron chi connectivity index (χ2n) is 6.57. The van der Waals surface area contributed by atoms with Crippen molar-refractivity contribution in [3.05, 3.63) is 35.5 Å². The fraction of sp³-hybridized carbons (Fsp3) is 0.556. The number of likely N-dealkylation sites (tertiary alicyclic amines) is 1. The molecule has 0 atom stereocenters. The van der Waals surface area contributed by atoms with Crippen LogP contribution in [0.3, 0.4) is 0 Å². The molecule has 0 unspecified atom stereocenters. The van der Waals surface area contributed by atoms with E-state index in [-0.39, 0.29) is 5.82 Å². The molecule has 1 aromatic carbocycles. The van der Waals surface area contributed by atoms with Gasteiger partial charge in [0, 0.05) is 37.4 Å². The van der Waals surface area contributed by atoms with Crippen LogP contribution in [0.15, 0.2) is 18.3 Å². The molecular weight excluding hydrogens is 293 g/mol. The fourth-order valence-corrected chi connectivity index (χ4v) is 3.59. The number of halogens is 1. The Balaban J connectivity index is 1.62. The Labute approximate surface area is 135 Å². The van der Waals surface area contributed by atoms with Gasteiger partial charge in [0.1, 0.15) is 11.6 Å². The molecule has 5 heteroatoms. The zero-order chi connectivity index (χ0) is 15.6. The minimum atomic E-state index is -0.159. The molecule has 2 aliphatic heterocycles. The van der Waals surface area contributed by atoms with Crippen LogP contribution in [0, 0.1) is 5.82 Å². The van der Waals surface area contributed by atoms with Crippen LogP contribution < -0.4 is 0 Å². The first-order valence-corrected chi connectivity index (χ1v) is 8.55. The van der Waals surface area contributed by atoms with Gasteiger partial charge in [0.2, 0.25) is 0 Å². The van der Waals surface area contributed by atoms with E-state index in [2.05, 4.69) is 14.9 Å². The maximum atomic E-state index is 14.8. The average molecular weight is 315 g/mol. The average Bonchev–Trinajstić information content (AvgIpc) is 3.11. The minimum absolute atomic E-state index is 0.159. The lowest BCUT2D eigenvalue weighted by atomic mass is 9.99. The highest BCUT2D eigenvalue weighted by molar-refractivity contribution is 5.79. The first-order chi connectivity index (χ1) is 11.3. The third-order valence-corrected chi connectivity index (χ3v) is 4.98. The third-order valence-electron chi connectivity index (χ3n) is 4.98. The molecule has 0 N–H and O–H groups in total. The Bertz CT molecular complexity index is 694. The first kappa shape index (κ1) is 15.0. The van der Waals surface area contributed by atoms with Crippen LogP contribution in [0.5, 0.6) is 0 Å². The standard InChI is InChI=1S/C18H22FN3O/c19-17-14(12-22-7-1-2-8-22)3-4-16-15(17)11-20-18(21-16)13-5-9-23-10-6-13/h3-4,11,13H,1-2,5-10,12H2. The van der Waals surface area contributed by atoms with Crippen molar-refractivity contribution in [3.8, 4) is 0 Å². The zero-order valence-corrected chi connectivity index (χ0v) is 13.3. The Morgan fingerprint density at radius 2 is 1.96 bits per heavy atom. The van der Waals surface area contributed by atoms with Gasteiger partial charge >= 0.3 is 0 Å². The van der Waals surface area contributed by atoms with Crippen LogP contribution in [0.1, 0.15) is 43.0 Å². The normalized spacial score (nSPS) is 20.4. The van der Waals surface area contributed by atoms with Gasteiger partial charge in [0.15, 0.2) is 0 Å². The highest BCUT2D eigenvalue weighted by atomic mass is 19.1. The van der Waals surface area contributed by atoms with E-state index in [1.165, 1.54) is 12.8 Å². The Kier molecular flexibility index (Phi) is 4.23. The topological polar surface area (TPSA) is 38.2 Å². The lowest BCUT2D eigenvalue weighted by Crippen LogP contribution is -2.19. The molecule has 3 heterocycles. The number of rotatable bonds is 3. The van der Waals surface area contributed by atoms with Gasteiger partial charge in [0.25, 0.3) is 0 Å². The summed E-state index contributed by atoms with van der Waals surface area (Å²) in [7, 11) is 0. The number of ether oxygens (including phenoxy) is 1. The number of hydrogen-bond acceptors (Lipinski definition) is 4. The van der Waals surface area contributed by atoms with E-state index in [9.17, 15) is 4.39 Å². The monoisotopic (exact) mass is 315 g/mol. The number of aromatic nitrogens is 2. The van der Waals surface area contributed by atoms with Crippen LogP contribution in [-0.2, 0) is 11.3 Å². The number of benzene rings is 1. The van der Waals surface area contributed by atoms with E-state index in [0.717, 1.165) is 50.5 Å². The second kappa shape index (κ2) is 6.49. The van der Waals surface area contributed by atoms with Crippen LogP contribution in [0.25, 0.3) is 10.9 Å². The molecule has 122 valence electrons. The molecule has 2 saturated heterocycles. The van der Waals surface area contributed by atoms with Gasteiger partial charge in [-0.1, -0.05) is 6.07 Å². The molecule has 0 spiro atoms. The predicted octanol–water partition coefficient (Wildman–Crippen LogP) is 3.26. The molecular formula is C18H22FN3O. The van der Waals surface area contributed by atoms with Crippen molar-refractivity contribution in [2.75, 3.05) is 26.3 Å². The maximum Gasteiger partial charge on any atom is 0.138 e. The van der Waals surface area contributed by atoms with E-state index < -0.39 is 0 Å². The van der Waals surface area contributed by atoms with Crippen molar-refractivity contribution in [1.29, 1.82) is 0 Å². The molecule has 2 aliphatic rings. The summed E-state index contributed by atoms with van der Waals surface area (Å²) in [6.07, 6.45) is 5.98. The molecule has 2 aromatic rings. The van der Waals surface area contributed by atoms with Gasteiger partial charge in [-0.05, 0) is 44.8 Å². The maximum absolute atomic E-state index is 14.8. The summed E-state index contributed by atoms with van der Waals surface area (Å²) >= 11 is 0. The molecule has 0 saturated carbocycles. The quantitative estimate of drug-likeness (QED) is 0.871. The highest BCUT2D eigenvalue weighted by Crippen LogP contribution is 2.27. The zero-order valence-electron chi connectivity index (χ0n) is 13.3. The van der Waals surface area contributed by atoms with E-state index in [0.29, 0.717) is 23.4 Å². The van der Waals surface area contributed by atoms with Crippen LogP contribution >= 0.6 is 0 Å². The largest absolute Gasteiger partial charge is 0.381 e. The van der Waals surface area contributed by atoms with Crippen LogP contribution in [-0.4, -0.2) is 41.2 Å². The molecule has 0 radical (unpaired) electrons. The molecule has 2 fully saturated rings. The van der Waals surface area contributed by atoms with Gasteiger partial charge in [0.05, 0.1) is 10.9 Å².